The Morgan fingerprint density at radius 2 is 1.84 bits per heavy atom. The number of aromatic nitrogens is 1. The van der Waals surface area contributed by atoms with Crippen LogP contribution in [0.2, 0.25) is 5.02 Å². The first-order valence-electron chi connectivity index (χ1n) is 9.99. The number of anilines is 2. The zero-order chi connectivity index (χ0) is 23.5. The summed E-state index contributed by atoms with van der Waals surface area (Å²) in [4.78, 5) is 29.3. The molecule has 32 heavy (non-hydrogen) atoms. The first kappa shape index (κ1) is 23.6. The van der Waals surface area contributed by atoms with Crippen LogP contribution < -0.4 is 21.3 Å². The number of carbonyl (C=O) groups excluding carboxylic acids is 2. The first-order chi connectivity index (χ1) is 15.0. The highest BCUT2D eigenvalue weighted by Gasteiger charge is 2.33. The number of rotatable bonds is 5. The van der Waals surface area contributed by atoms with Gasteiger partial charge < -0.3 is 21.3 Å². The Labute approximate surface area is 188 Å². The number of primary amides is 1. The van der Waals surface area contributed by atoms with E-state index in [1.165, 1.54) is 0 Å². The minimum Gasteiger partial charge on any atom is -0.355 e. The number of nitrogens with two attached hydrogens (primary N) is 1. The van der Waals surface area contributed by atoms with Crippen molar-refractivity contribution in [1.29, 1.82) is 0 Å². The van der Waals surface area contributed by atoms with E-state index >= 15 is 0 Å². The summed E-state index contributed by atoms with van der Waals surface area (Å²) in [7, 11) is 0. The van der Waals surface area contributed by atoms with E-state index < -0.39 is 17.8 Å². The molecule has 1 saturated heterocycles. The molecule has 7 nitrogen and oxygen atoms in total. The van der Waals surface area contributed by atoms with E-state index in [1.54, 1.807) is 29.2 Å². The highest BCUT2D eigenvalue weighted by molar-refractivity contribution is 6.33. The summed E-state index contributed by atoms with van der Waals surface area (Å²) in [5, 5.41) is 5.39. The molecule has 3 rings (SSSR count). The average molecular weight is 470 g/mol. The zero-order valence-electron chi connectivity index (χ0n) is 17.2. The second-order valence-electron chi connectivity index (χ2n) is 7.63. The molecule has 1 aromatic carbocycles. The van der Waals surface area contributed by atoms with Crippen LogP contribution in [-0.2, 0) is 11.0 Å². The van der Waals surface area contributed by atoms with Gasteiger partial charge in [-0.3, -0.25) is 4.79 Å². The molecule has 1 aromatic heterocycles. The number of piperidine rings is 1. The predicted octanol–water partition coefficient (Wildman–Crippen LogP) is 4.34. The van der Waals surface area contributed by atoms with Crippen LogP contribution in [0.15, 0.2) is 36.5 Å². The molecule has 1 fully saturated rings. The van der Waals surface area contributed by atoms with E-state index in [-0.39, 0.29) is 28.7 Å². The normalized spacial score (nSPS) is 15.8. The molecule has 0 spiro atoms. The second kappa shape index (κ2) is 9.64. The average Bonchev–Trinajstić information content (AvgIpc) is 2.73. The Bertz CT molecular complexity index is 976. The first-order valence-corrected chi connectivity index (χ1v) is 10.4. The van der Waals surface area contributed by atoms with Gasteiger partial charge in [-0.25, -0.2) is 9.78 Å². The van der Waals surface area contributed by atoms with Crippen molar-refractivity contribution >= 4 is 35.0 Å². The summed E-state index contributed by atoms with van der Waals surface area (Å²) in [5.41, 5.74) is 5.61. The van der Waals surface area contributed by atoms with Crippen molar-refractivity contribution in [3.63, 3.8) is 0 Å². The van der Waals surface area contributed by atoms with Crippen LogP contribution in [0.5, 0.6) is 0 Å². The monoisotopic (exact) mass is 469 g/mol. The van der Waals surface area contributed by atoms with E-state index in [9.17, 15) is 22.8 Å². The van der Waals surface area contributed by atoms with Crippen molar-refractivity contribution in [1.82, 2.24) is 10.3 Å². The number of urea groups is 1. The SMILES string of the molecule is CC(NC(=O)C1CCN(c2ncc(C(F)(F)F)cc2Cl)CC1)c1ccc(NC(N)=O)cc1. The third-order valence-corrected chi connectivity index (χ3v) is 5.63. The molecule has 2 aromatic rings. The van der Waals surface area contributed by atoms with Crippen molar-refractivity contribution in [3.05, 3.63) is 52.7 Å². The van der Waals surface area contributed by atoms with E-state index in [0.717, 1.165) is 17.8 Å². The standard InChI is InChI=1S/C21H23ClF3N5O2/c1-12(13-2-4-16(5-3-13)29-20(26)32)28-19(31)14-6-8-30(9-7-14)18-17(22)10-15(11-27-18)21(23,24)25/h2-5,10-12,14H,6-9H2,1H3,(H,28,31)(H3,26,29,32). The summed E-state index contributed by atoms with van der Waals surface area (Å²) < 4.78 is 38.4. The number of benzene rings is 1. The third kappa shape index (κ3) is 5.82. The molecule has 1 unspecified atom stereocenters. The third-order valence-electron chi connectivity index (χ3n) is 5.35. The molecular formula is C21H23ClF3N5O2. The Morgan fingerprint density at radius 1 is 1.22 bits per heavy atom. The summed E-state index contributed by atoms with van der Waals surface area (Å²) in [5.74, 6) is -0.0303. The van der Waals surface area contributed by atoms with Gasteiger partial charge in [-0.1, -0.05) is 23.7 Å². The molecular weight excluding hydrogens is 447 g/mol. The molecule has 0 aliphatic carbocycles. The van der Waals surface area contributed by atoms with Crippen molar-refractivity contribution in [2.45, 2.75) is 32.0 Å². The van der Waals surface area contributed by atoms with E-state index in [4.69, 9.17) is 17.3 Å². The number of nitrogens with one attached hydrogen (secondary N) is 2. The molecule has 0 saturated carbocycles. The fourth-order valence-electron chi connectivity index (χ4n) is 3.58. The van der Waals surface area contributed by atoms with Gasteiger partial charge in [-0.2, -0.15) is 13.2 Å². The number of alkyl halides is 3. The van der Waals surface area contributed by atoms with E-state index in [2.05, 4.69) is 15.6 Å². The maximum absolute atomic E-state index is 12.8. The Hall–Kier alpha value is -3.01. The molecule has 3 amide bonds. The van der Waals surface area contributed by atoms with Crippen LogP contribution in [-0.4, -0.2) is 30.0 Å². The highest BCUT2D eigenvalue weighted by atomic mass is 35.5. The number of amides is 3. The predicted molar refractivity (Wildman–Crippen MR) is 115 cm³/mol. The maximum atomic E-state index is 12.8. The summed E-state index contributed by atoms with van der Waals surface area (Å²) >= 11 is 6.03. The van der Waals surface area contributed by atoms with Crippen LogP contribution in [0.4, 0.5) is 29.5 Å². The van der Waals surface area contributed by atoms with Crippen molar-refractivity contribution < 1.29 is 22.8 Å². The van der Waals surface area contributed by atoms with Crippen LogP contribution in [0.25, 0.3) is 0 Å². The second-order valence-corrected chi connectivity index (χ2v) is 8.04. The van der Waals surface area contributed by atoms with Gasteiger partial charge in [-0.15, -0.1) is 0 Å². The summed E-state index contributed by atoms with van der Waals surface area (Å²) in [6.07, 6.45) is -2.68. The van der Waals surface area contributed by atoms with Crippen molar-refractivity contribution in [2.75, 3.05) is 23.3 Å². The Kier molecular flexibility index (Phi) is 7.12. The molecule has 172 valence electrons. The quantitative estimate of drug-likeness (QED) is 0.606. The Morgan fingerprint density at radius 3 is 2.38 bits per heavy atom. The van der Waals surface area contributed by atoms with Gasteiger partial charge >= 0.3 is 12.2 Å². The van der Waals surface area contributed by atoms with Crippen LogP contribution in [0, 0.1) is 5.92 Å². The smallest absolute Gasteiger partial charge is 0.355 e. The van der Waals surface area contributed by atoms with Gasteiger partial charge in [0.15, 0.2) is 0 Å². The van der Waals surface area contributed by atoms with Crippen LogP contribution in [0.1, 0.15) is 36.9 Å². The van der Waals surface area contributed by atoms with E-state index in [1.807, 2.05) is 6.92 Å². The van der Waals surface area contributed by atoms with Gasteiger partial charge in [0.2, 0.25) is 5.91 Å². The van der Waals surface area contributed by atoms with Gasteiger partial charge in [0.25, 0.3) is 0 Å². The van der Waals surface area contributed by atoms with E-state index in [0.29, 0.717) is 31.6 Å². The lowest BCUT2D eigenvalue weighted by atomic mass is 9.95. The van der Waals surface area contributed by atoms with Crippen LogP contribution >= 0.6 is 11.6 Å². The molecule has 1 aliphatic heterocycles. The molecule has 0 bridgehead atoms. The van der Waals surface area contributed by atoms with Gasteiger partial charge in [0.05, 0.1) is 16.6 Å². The number of hydrogen-bond acceptors (Lipinski definition) is 4. The minimum atomic E-state index is -4.50. The largest absolute Gasteiger partial charge is 0.417 e. The minimum absolute atomic E-state index is 0.0642. The fraction of sp³-hybridized carbons (Fsp3) is 0.381. The lowest BCUT2D eigenvalue weighted by Crippen LogP contribution is -2.41. The summed E-state index contributed by atoms with van der Waals surface area (Å²) in [6, 6.07) is 6.94. The molecule has 1 aliphatic rings. The van der Waals surface area contributed by atoms with Crippen LogP contribution in [0.3, 0.4) is 0 Å². The molecule has 4 N–H and O–H groups in total. The van der Waals surface area contributed by atoms with Crippen molar-refractivity contribution in [2.24, 2.45) is 11.7 Å². The lowest BCUT2D eigenvalue weighted by molar-refractivity contribution is -0.137. The zero-order valence-corrected chi connectivity index (χ0v) is 18.0. The van der Waals surface area contributed by atoms with Gasteiger partial charge in [0, 0.05) is 30.9 Å². The Balaban J connectivity index is 1.55. The highest BCUT2D eigenvalue weighted by Crippen LogP contribution is 2.34. The maximum Gasteiger partial charge on any atom is 0.417 e. The number of hydrogen-bond donors (Lipinski definition) is 3. The number of nitrogens with zero attached hydrogens (tertiary/aromatic N) is 2. The molecule has 0 radical (unpaired) electrons. The molecule has 1 atom stereocenters. The topological polar surface area (TPSA) is 100 Å². The summed E-state index contributed by atoms with van der Waals surface area (Å²) in [6.45, 7) is 2.77. The fourth-order valence-corrected chi connectivity index (χ4v) is 3.87. The van der Waals surface area contributed by atoms with Gasteiger partial charge in [0.1, 0.15) is 5.82 Å². The van der Waals surface area contributed by atoms with Gasteiger partial charge in [-0.05, 0) is 43.5 Å². The number of carbonyl (C=O) groups is 2. The number of halogens is 4. The van der Waals surface area contributed by atoms with Crippen molar-refractivity contribution in [3.8, 4) is 0 Å². The molecule has 2 heterocycles. The molecule has 11 heteroatoms. The lowest BCUT2D eigenvalue weighted by Gasteiger charge is -2.33. The number of pyridine rings is 1.